The van der Waals surface area contributed by atoms with Gasteiger partial charge in [-0.05, 0) is 24.3 Å². The molecule has 2 unspecified atom stereocenters. The van der Waals surface area contributed by atoms with Gasteiger partial charge in [0.1, 0.15) is 5.01 Å². The third-order valence-electron chi connectivity index (χ3n) is 5.72. The predicted molar refractivity (Wildman–Crippen MR) is 108 cm³/mol. The van der Waals surface area contributed by atoms with Crippen LogP contribution in [0.25, 0.3) is 10.6 Å². The van der Waals surface area contributed by atoms with Gasteiger partial charge < -0.3 is 15.4 Å². The largest absolute Gasteiger partial charge is 0.379 e. The highest BCUT2D eigenvalue weighted by Crippen LogP contribution is 2.36. The Kier molecular flexibility index (Phi) is 5.05. The molecule has 0 aliphatic carbocycles. The molecule has 27 heavy (non-hydrogen) atoms. The van der Waals surface area contributed by atoms with Crippen LogP contribution in [0.4, 0.5) is 0 Å². The van der Waals surface area contributed by atoms with Crippen LogP contribution in [0, 0.1) is 0 Å². The number of nitrogens with zero attached hydrogens (tertiary/aromatic N) is 2. The predicted octanol–water partition coefficient (Wildman–Crippen LogP) is 3.19. The van der Waals surface area contributed by atoms with E-state index in [0.717, 1.165) is 29.1 Å². The summed E-state index contributed by atoms with van der Waals surface area (Å²) in [6.07, 6.45) is 2.05. The molecule has 2 aliphatic rings. The van der Waals surface area contributed by atoms with Crippen LogP contribution in [-0.4, -0.2) is 47.1 Å². The van der Waals surface area contributed by atoms with Crippen LogP contribution < -0.4 is 5.73 Å². The van der Waals surface area contributed by atoms with Gasteiger partial charge in [0, 0.05) is 30.1 Å². The standard InChI is InChI=1S/C21H27N3O2S/c1-14(2)15-3-5-16(6-4-15)20-23-18(12-27-20)9-19(25)24-11-17(22)10-21(24)7-8-26-13-21/h3-6,12,14,17H,7-11,13,22H2,1-2H3. The summed E-state index contributed by atoms with van der Waals surface area (Å²) in [5.41, 5.74) is 9.23. The first-order valence-corrected chi connectivity index (χ1v) is 10.5. The van der Waals surface area contributed by atoms with Crippen molar-refractivity contribution in [3.05, 3.63) is 40.9 Å². The van der Waals surface area contributed by atoms with E-state index in [4.69, 9.17) is 15.5 Å². The normalized spacial score (nSPS) is 25.0. The molecule has 2 aliphatic heterocycles. The Bertz CT molecular complexity index is 809. The number of aromatic nitrogens is 1. The van der Waals surface area contributed by atoms with Gasteiger partial charge in [0.15, 0.2) is 0 Å². The number of rotatable bonds is 4. The fourth-order valence-corrected chi connectivity index (χ4v) is 5.04. The van der Waals surface area contributed by atoms with Crippen molar-refractivity contribution in [1.82, 2.24) is 9.88 Å². The van der Waals surface area contributed by atoms with Gasteiger partial charge in [-0.25, -0.2) is 4.98 Å². The third kappa shape index (κ3) is 3.66. The molecule has 4 rings (SSSR count). The SMILES string of the molecule is CC(C)c1ccc(-c2nc(CC(=O)N3CC(N)CC34CCOC4)cs2)cc1. The summed E-state index contributed by atoms with van der Waals surface area (Å²) in [4.78, 5) is 19.6. The van der Waals surface area contributed by atoms with E-state index in [1.54, 1.807) is 11.3 Å². The van der Waals surface area contributed by atoms with Crippen LogP contribution in [0.2, 0.25) is 0 Å². The molecule has 1 aromatic heterocycles. The van der Waals surface area contributed by atoms with E-state index in [1.165, 1.54) is 5.56 Å². The summed E-state index contributed by atoms with van der Waals surface area (Å²) in [5, 5.41) is 2.96. The number of thiazole rings is 1. The van der Waals surface area contributed by atoms with Crippen molar-refractivity contribution in [1.29, 1.82) is 0 Å². The van der Waals surface area contributed by atoms with Gasteiger partial charge in [-0.2, -0.15) is 0 Å². The lowest BCUT2D eigenvalue weighted by molar-refractivity contribution is -0.134. The molecule has 2 fully saturated rings. The number of carbonyl (C=O) groups excluding carboxylic acids is 1. The van der Waals surface area contributed by atoms with Crippen molar-refractivity contribution in [2.75, 3.05) is 19.8 Å². The fourth-order valence-electron chi connectivity index (χ4n) is 4.21. The zero-order valence-corrected chi connectivity index (χ0v) is 16.8. The molecule has 2 saturated heterocycles. The van der Waals surface area contributed by atoms with Gasteiger partial charge in [0.25, 0.3) is 0 Å². The molecule has 1 spiro atoms. The van der Waals surface area contributed by atoms with Gasteiger partial charge in [-0.3, -0.25) is 4.79 Å². The number of amides is 1. The Labute approximate surface area is 164 Å². The van der Waals surface area contributed by atoms with Crippen LogP contribution in [0.5, 0.6) is 0 Å². The van der Waals surface area contributed by atoms with Gasteiger partial charge in [-0.15, -0.1) is 11.3 Å². The lowest BCUT2D eigenvalue weighted by Gasteiger charge is -2.33. The number of nitrogens with two attached hydrogens (primary N) is 1. The Morgan fingerprint density at radius 2 is 2.19 bits per heavy atom. The Morgan fingerprint density at radius 1 is 1.41 bits per heavy atom. The second-order valence-electron chi connectivity index (χ2n) is 8.09. The van der Waals surface area contributed by atoms with E-state index in [-0.39, 0.29) is 17.5 Å². The molecule has 2 aromatic rings. The molecular weight excluding hydrogens is 358 g/mol. The fraction of sp³-hybridized carbons (Fsp3) is 0.524. The highest BCUT2D eigenvalue weighted by Gasteiger charge is 2.49. The molecule has 0 bridgehead atoms. The van der Waals surface area contributed by atoms with Crippen molar-refractivity contribution in [3.63, 3.8) is 0 Å². The first-order valence-electron chi connectivity index (χ1n) is 9.65. The first kappa shape index (κ1) is 18.6. The maximum absolute atomic E-state index is 13.0. The monoisotopic (exact) mass is 385 g/mol. The van der Waals surface area contributed by atoms with E-state index in [1.807, 2.05) is 10.3 Å². The summed E-state index contributed by atoms with van der Waals surface area (Å²) in [7, 11) is 0. The molecular formula is C21H27N3O2S. The summed E-state index contributed by atoms with van der Waals surface area (Å²) in [6, 6.07) is 8.58. The average Bonchev–Trinajstić information content (AvgIpc) is 3.36. The number of carbonyl (C=O) groups is 1. The van der Waals surface area contributed by atoms with Gasteiger partial charge in [0.2, 0.25) is 5.91 Å². The number of hydrogen-bond donors (Lipinski definition) is 1. The molecule has 1 amide bonds. The average molecular weight is 386 g/mol. The van der Waals surface area contributed by atoms with E-state index in [2.05, 4.69) is 38.1 Å². The highest BCUT2D eigenvalue weighted by molar-refractivity contribution is 7.13. The summed E-state index contributed by atoms with van der Waals surface area (Å²) < 4.78 is 5.59. The number of ether oxygens (including phenoxy) is 1. The maximum atomic E-state index is 13.0. The molecule has 1 aromatic carbocycles. The minimum absolute atomic E-state index is 0.0427. The summed E-state index contributed by atoms with van der Waals surface area (Å²) in [5.74, 6) is 0.628. The van der Waals surface area contributed by atoms with Gasteiger partial charge in [-0.1, -0.05) is 38.1 Å². The van der Waals surface area contributed by atoms with E-state index in [0.29, 0.717) is 32.1 Å². The van der Waals surface area contributed by atoms with Gasteiger partial charge in [0.05, 0.1) is 24.3 Å². The summed E-state index contributed by atoms with van der Waals surface area (Å²) in [6.45, 7) is 6.32. The lowest BCUT2D eigenvalue weighted by Crippen LogP contribution is -2.48. The second kappa shape index (κ2) is 7.34. The van der Waals surface area contributed by atoms with E-state index >= 15 is 0 Å². The molecule has 2 N–H and O–H groups in total. The van der Waals surface area contributed by atoms with Crippen molar-refractivity contribution in [3.8, 4) is 10.6 Å². The second-order valence-corrected chi connectivity index (χ2v) is 8.95. The highest BCUT2D eigenvalue weighted by atomic mass is 32.1. The van der Waals surface area contributed by atoms with Crippen LogP contribution in [0.15, 0.2) is 29.6 Å². The zero-order valence-electron chi connectivity index (χ0n) is 16.0. The lowest BCUT2D eigenvalue weighted by atomic mass is 9.94. The van der Waals surface area contributed by atoms with Crippen molar-refractivity contribution >= 4 is 17.2 Å². The van der Waals surface area contributed by atoms with E-state index in [9.17, 15) is 4.79 Å². The molecule has 5 nitrogen and oxygen atoms in total. The van der Waals surface area contributed by atoms with Crippen LogP contribution in [0.1, 0.15) is 43.9 Å². The summed E-state index contributed by atoms with van der Waals surface area (Å²) >= 11 is 1.59. The number of hydrogen-bond acceptors (Lipinski definition) is 5. The molecule has 3 heterocycles. The third-order valence-corrected chi connectivity index (χ3v) is 6.66. The minimum Gasteiger partial charge on any atom is -0.379 e. The molecule has 2 atom stereocenters. The Hall–Kier alpha value is -1.76. The van der Waals surface area contributed by atoms with E-state index < -0.39 is 0 Å². The first-order chi connectivity index (χ1) is 13.0. The number of likely N-dealkylation sites (tertiary alicyclic amines) is 1. The topological polar surface area (TPSA) is 68.5 Å². The maximum Gasteiger partial charge on any atom is 0.229 e. The van der Waals surface area contributed by atoms with Crippen LogP contribution in [0.3, 0.4) is 0 Å². The smallest absolute Gasteiger partial charge is 0.229 e. The quantitative estimate of drug-likeness (QED) is 0.878. The minimum atomic E-state index is -0.192. The Balaban J connectivity index is 1.47. The van der Waals surface area contributed by atoms with Crippen molar-refractivity contribution in [2.24, 2.45) is 5.73 Å². The molecule has 144 valence electrons. The number of benzene rings is 1. The zero-order chi connectivity index (χ0) is 19.0. The molecule has 0 saturated carbocycles. The van der Waals surface area contributed by atoms with Crippen molar-refractivity contribution < 1.29 is 9.53 Å². The van der Waals surface area contributed by atoms with Crippen LogP contribution in [-0.2, 0) is 16.0 Å². The van der Waals surface area contributed by atoms with Crippen LogP contribution >= 0.6 is 11.3 Å². The van der Waals surface area contributed by atoms with Crippen molar-refractivity contribution in [2.45, 2.75) is 50.6 Å². The Morgan fingerprint density at radius 3 is 2.85 bits per heavy atom. The van der Waals surface area contributed by atoms with Gasteiger partial charge >= 0.3 is 0 Å². The molecule has 0 radical (unpaired) electrons. The molecule has 6 heteroatoms.